The SMILES string of the molecule is CCC(OC1C=CS(=O)(=O)C1)C1CCC1. The lowest BCUT2D eigenvalue weighted by Crippen LogP contribution is -2.33. The molecule has 0 amide bonds. The Morgan fingerprint density at radius 3 is 2.60 bits per heavy atom. The van der Waals surface area contributed by atoms with E-state index in [0.717, 1.165) is 6.42 Å². The molecule has 0 bridgehead atoms. The van der Waals surface area contributed by atoms with Crippen molar-refractivity contribution < 1.29 is 13.2 Å². The second-order valence-corrected chi connectivity index (χ2v) is 6.40. The molecule has 3 nitrogen and oxygen atoms in total. The molecule has 0 aromatic heterocycles. The zero-order valence-corrected chi connectivity index (χ0v) is 9.87. The van der Waals surface area contributed by atoms with Crippen LogP contribution in [0.1, 0.15) is 32.6 Å². The van der Waals surface area contributed by atoms with Gasteiger partial charge in [-0.1, -0.05) is 13.3 Å². The van der Waals surface area contributed by atoms with Crippen molar-refractivity contribution in [3.8, 4) is 0 Å². The van der Waals surface area contributed by atoms with E-state index < -0.39 is 9.84 Å². The van der Waals surface area contributed by atoms with Gasteiger partial charge < -0.3 is 4.74 Å². The van der Waals surface area contributed by atoms with Crippen molar-refractivity contribution in [2.45, 2.75) is 44.8 Å². The predicted molar refractivity (Wildman–Crippen MR) is 59.2 cm³/mol. The van der Waals surface area contributed by atoms with Gasteiger partial charge in [-0.2, -0.15) is 0 Å². The first kappa shape index (κ1) is 11.1. The van der Waals surface area contributed by atoms with E-state index in [1.807, 2.05) is 0 Å². The number of hydrogen-bond acceptors (Lipinski definition) is 3. The third kappa shape index (κ3) is 2.61. The molecule has 2 aliphatic rings. The van der Waals surface area contributed by atoms with Crippen molar-refractivity contribution in [2.24, 2.45) is 5.92 Å². The molecule has 15 heavy (non-hydrogen) atoms. The molecule has 1 aliphatic carbocycles. The molecule has 1 aliphatic heterocycles. The summed E-state index contributed by atoms with van der Waals surface area (Å²) in [6, 6.07) is 0. The minimum absolute atomic E-state index is 0.135. The van der Waals surface area contributed by atoms with Gasteiger partial charge in [-0.15, -0.1) is 0 Å². The van der Waals surface area contributed by atoms with Gasteiger partial charge in [0.25, 0.3) is 0 Å². The van der Waals surface area contributed by atoms with E-state index in [0.29, 0.717) is 5.92 Å². The summed E-state index contributed by atoms with van der Waals surface area (Å²) >= 11 is 0. The lowest BCUT2D eigenvalue weighted by Gasteiger charge is -2.34. The summed E-state index contributed by atoms with van der Waals surface area (Å²) in [6.45, 7) is 2.11. The zero-order valence-electron chi connectivity index (χ0n) is 9.06. The second-order valence-electron chi connectivity index (χ2n) is 4.47. The maximum Gasteiger partial charge on any atom is 0.174 e. The van der Waals surface area contributed by atoms with Crippen LogP contribution in [0.5, 0.6) is 0 Å². The maximum absolute atomic E-state index is 11.2. The summed E-state index contributed by atoms with van der Waals surface area (Å²) in [5.41, 5.74) is 0. The van der Waals surface area contributed by atoms with Crippen LogP contribution in [0.3, 0.4) is 0 Å². The molecule has 2 unspecified atom stereocenters. The van der Waals surface area contributed by atoms with Crippen LogP contribution >= 0.6 is 0 Å². The van der Waals surface area contributed by atoms with Gasteiger partial charge in [0.1, 0.15) is 0 Å². The standard InChI is InChI=1S/C11H18O3S/c1-2-11(9-4-3-5-9)14-10-6-7-15(12,13)8-10/h6-7,9-11H,2-5,8H2,1H3. The van der Waals surface area contributed by atoms with Crippen molar-refractivity contribution in [1.29, 1.82) is 0 Å². The lowest BCUT2D eigenvalue weighted by atomic mass is 9.80. The first-order valence-electron chi connectivity index (χ1n) is 5.67. The second kappa shape index (κ2) is 4.26. The van der Waals surface area contributed by atoms with Crippen molar-refractivity contribution in [2.75, 3.05) is 5.75 Å². The van der Waals surface area contributed by atoms with Crippen LogP contribution in [-0.2, 0) is 14.6 Å². The highest BCUT2D eigenvalue weighted by atomic mass is 32.2. The molecule has 86 valence electrons. The Hall–Kier alpha value is -0.350. The van der Waals surface area contributed by atoms with Gasteiger partial charge in [0.15, 0.2) is 9.84 Å². The third-order valence-electron chi connectivity index (χ3n) is 3.32. The Morgan fingerprint density at radius 2 is 2.20 bits per heavy atom. The Kier molecular flexibility index (Phi) is 3.16. The van der Waals surface area contributed by atoms with E-state index in [1.165, 1.54) is 24.7 Å². The highest BCUT2D eigenvalue weighted by Crippen LogP contribution is 2.33. The molecule has 0 aromatic rings. The fraction of sp³-hybridized carbons (Fsp3) is 0.818. The summed E-state index contributed by atoms with van der Waals surface area (Å²) < 4.78 is 28.2. The van der Waals surface area contributed by atoms with Crippen molar-refractivity contribution in [3.05, 3.63) is 11.5 Å². The van der Waals surface area contributed by atoms with Gasteiger partial charge in [0, 0.05) is 5.41 Å². The highest BCUT2D eigenvalue weighted by Gasteiger charge is 2.31. The Bertz CT molecular complexity index is 341. The molecule has 1 heterocycles. The summed E-state index contributed by atoms with van der Waals surface area (Å²) in [7, 11) is -2.97. The Morgan fingerprint density at radius 1 is 1.47 bits per heavy atom. The summed E-state index contributed by atoms with van der Waals surface area (Å²) in [5, 5.41) is 1.28. The van der Waals surface area contributed by atoms with E-state index in [2.05, 4.69) is 6.92 Å². The average molecular weight is 230 g/mol. The molecule has 0 aromatic carbocycles. The topological polar surface area (TPSA) is 43.4 Å². The van der Waals surface area contributed by atoms with E-state index in [1.54, 1.807) is 6.08 Å². The molecule has 2 atom stereocenters. The molecule has 0 spiro atoms. The van der Waals surface area contributed by atoms with Crippen LogP contribution in [0.15, 0.2) is 11.5 Å². The number of sulfone groups is 1. The van der Waals surface area contributed by atoms with Gasteiger partial charge in [0.2, 0.25) is 0 Å². The molecule has 0 saturated heterocycles. The largest absolute Gasteiger partial charge is 0.370 e. The highest BCUT2D eigenvalue weighted by molar-refractivity contribution is 7.94. The normalized spacial score (nSPS) is 31.4. The molecule has 0 N–H and O–H groups in total. The van der Waals surface area contributed by atoms with Crippen molar-refractivity contribution >= 4 is 9.84 Å². The monoisotopic (exact) mass is 230 g/mol. The fourth-order valence-corrected chi connectivity index (χ4v) is 3.38. The van der Waals surface area contributed by atoms with Crippen LogP contribution in [0.25, 0.3) is 0 Å². The summed E-state index contributed by atoms with van der Waals surface area (Å²) in [5.74, 6) is 0.794. The van der Waals surface area contributed by atoms with E-state index in [-0.39, 0.29) is 18.0 Å². The van der Waals surface area contributed by atoms with Crippen molar-refractivity contribution in [3.63, 3.8) is 0 Å². The van der Waals surface area contributed by atoms with Gasteiger partial charge in [-0.3, -0.25) is 0 Å². The quantitative estimate of drug-likeness (QED) is 0.740. The smallest absolute Gasteiger partial charge is 0.174 e. The maximum atomic E-state index is 11.2. The van der Waals surface area contributed by atoms with E-state index >= 15 is 0 Å². The molecule has 4 heteroatoms. The lowest BCUT2D eigenvalue weighted by molar-refractivity contribution is -0.0357. The van der Waals surface area contributed by atoms with Crippen LogP contribution in [-0.4, -0.2) is 26.4 Å². The molecule has 1 saturated carbocycles. The summed E-state index contributed by atoms with van der Waals surface area (Å²) in [4.78, 5) is 0. The first-order valence-corrected chi connectivity index (χ1v) is 7.38. The van der Waals surface area contributed by atoms with E-state index in [9.17, 15) is 8.42 Å². The van der Waals surface area contributed by atoms with Gasteiger partial charge >= 0.3 is 0 Å². The average Bonchev–Trinajstić information content (AvgIpc) is 2.41. The molecule has 1 fully saturated rings. The van der Waals surface area contributed by atoms with Gasteiger partial charge in [0.05, 0.1) is 18.0 Å². The molecule has 0 radical (unpaired) electrons. The van der Waals surface area contributed by atoms with Gasteiger partial charge in [-0.05, 0) is 31.3 Å². The molecular formula is C11H18O3S. The molecule has 2 rings (SSSR count). The van der Waals surface area contributed by atoms with E-state index in [4.69, 9.17) is 4.74 Å². The van der Waals surface area contributed by atoms with Crippen LogP contribution in [0.4, 0.5) is 0 Å². The van der Waals surface area contributed by atoms with Crippen LogP contribution < -0.4 is 0 Å². The third-order valence-corrected chi connectivity index (χ3v) is 4.69. The minimum atomic E-state index is -2.97. The first-order chi connectivity index (χ1) is 7.11. The molecular weight excluding hydrogens is 212 g/mol. The van der Waals surface area contributed by atoms with Crippen LogP contribution in [0.2, 0.25) is 0 Å². The zero-order chi connectivity index (χ0) is 10.9. The fourth-order valence-electron chi connectivity index (χ4n) is 2.21. The Labute approximate surface area is 91.4 Å². The number of ether oxygens (including phenoxy) is 1. The number of hydrogen-bond donors (Lipinski definition) is 0. The van der Waals surface area contributed by atoms with Crippen LogP contribution in [0, 0.1) is 5.92 Å². The minimum Gasteiger partial charge on any atom is -0.370 e. The number of rotatable bonds is 4. The summed E-state index contributed by atoms with van der Waals surface area (Å²) in [6.07, 6.45) is 6.47. The van der Waals surface area contributed by atoms with Crippen molar-refractivity contribution in [1.82, 2.24) is 0 Å². The van der Waals surface area contributed by atoms with Gasteiger partial charge in [-0.25, -0.2) is 8.42 Å². The predicted octanol–water partition coefficient (Wildman–Crippen LogP) is 1.89. The Balaban J connectivity index is 1.88.